The van der Waals surface area contributed by atoms with Gasteiger partial charge in [-0.15, -0.1) is 0 Å². The van der Waals surface area contributed by atoms with Gasteiger partial charge in [-0.25, -0.2) is 0 Å². The summed E-state index contributed by atoms with van der Waals surface area (Å²) >= 11 is 0. The van der Waals surface area contributed by atoms with E-state index in [1.54, 1.807) is 13.8 Å². The van der Waals surface area contributed by atoms with Crippen LogP contribution in [-0.4, -0.2) is 45.2 Å². The van der Waals surface area contributed by atoms with Crippen LogP contribution in [0.4, 0.5) is 0 Å². The molecule has 0 saturated heterocycles. The van der Waals surface area contributed by atoms with Crippen molar-refractivity contribution in [2.24, 2.45) is 17.3 Å². The van der Waals surface area contributed by atoms with Crippen LogP contribution in [0, 0.1) is 17.3 Å². The van der Waals surface area contributed by atoms with Crippen molar-refractivity contribution in [3.05, 3.63) is 35.5 Å². The van der Waals surface area contributed by atoms with Gasteiger partial charge >= 0.3 is 5.97 Å². The largest absolute Gasteiger partial charge is 0.462 e. The quantitative estimate of drug-likeness (QED) is 0.519. The first-order valence-corrected chi connectivity index (χ1v) is 12.3. The molecule has 0 aromatic carbocycles. The predicted octanol–water partition coefficient (Wildman–Crippen LogP) is 4.61. The fourth-order valence-corrected chi connectivity index (χ4v) is 6.27. The maximum atomic E-state index is 12.3. The molecule has 3 aliphatic carbocycles. The van der Waals surface area contributed by atoms with Crippen LogP contribution in [0.15, 0.2) is 35.5 Å². The van der Waals surface area contributed by atoms with Crippen molar-refractivity contribution in [2.45, 2.75) is 109 Å². The van der Waals surface area contributed by atoms with E-state index in [0.29, 0.717) is 31.1 Å². The molecule has 0 heterocycles. The summed E-state index contributed by atoms with van der Waals surface area (Å²) in [7, 11) is 0. The third-order valence-corrected chi connectivity index (χ3v) is 8.13. The molecule has 3 saturated carbocycles. The molecule has 0 aliphatic heterocycles. The Morgan fingerprint density at radius 2 is 2.03 bits per heavy atom. The number of rotatable bonds is 6. The van der Waals surface area contributed by atoms with E-state index in [4.69, 9.17) is 4.74 Å². The maximum absolute atomic E-state index is 12.3. The number of fused-ring (bicyclic) bond motifs is 1. The van der Waals surface area contributed by atoms with Gasteiger partial charge in [0, 0.05) is 18.8 Å². The Bertz CT molecular complexity index is 773. The summed E-state index contributed by atoms with van der Waals surface area (Å²) in [5.74, 6) is 0.557. The maximum Gasteiger partial charge on any atom is 0.306 e. The van der Waals surface area contributed by atoms with E-state index in [9.17, 15) is 20.1 Å². The molecule has 180 valence electrons. The van der Waals surface area contributed by atoms with Gasteiger partial charge in [-0.1, -0.05) is 31.2 Å². The number of esters is 1. The highest BCUT2D eigenvalue weighted by atomic mass is 16.5. The Labute approximate surface area is 193 Å². The number of allylic oxidation sites excluding steroid dienone is 3. The summed E-state index contributed by atoms with van der Waals surface area (Å²) in [5, 5.41) is 30.0. The normalized spacial score (nSPS) is 36.9. The standard InChI is InChI=1S/C27H42O5/c1-17-20(15-21(28)16-24(17)29)9-8-19-7-6-13-27(5)22(10-11-23(19)27)18(2)32-25(30)12-14-26(3,4)31/h8-9,18,21-24,28-29,31H,1,6-7,10-16H2,2-5H3/b19-8+,20-9-/t18-,21-,22-,23+,24+,27-/m1/s1. The second-order valence-electron chi connectivity index (χ2n) is 11.2. The molecule has 5 heteroatoms. The van der Waals surface area contributed by atoms with Gasteiger partial charge in [0.25, 0.3) is 0 Å². The lowest BCUT2D eigenvalue weighted by molar-refractivity contribution is -0.154. The summed E-state index contributed by atoms with van der Waals surface area (Å²) in [5.41, 5.74) is 2.33. The second kappa shape index (κ2) is 9.82. The highest BCUT2D eigenvalue weighted by molar-refractivity contribution is 5.69. The zero-order valence-corrected chi connectivity index (χ0v) is 20.3. The molecule has 0 amide bonds. The van der Waals surface area contributed by atoms with Crippen LogP contribution in [-0.2, 0) is 9.53 Å². The van der Waals surface area contributed by atoms with Gasteiger partial charge in [0.15, 0.2) is 0 Å². The number of aliphatic hydroxyl groups excluding tert-OH is 2. The zero-order valence-electron chi connectivity index (χ0n) is 20.3. The van der Waals surface area contributed by atoms with Crippen LogP contribution in [0.25, 0.3) is 0 Å². The van der Waals surface area contributed by atoms with E-state index in [2.05, 4.69) is 25.7 Å². The van der Waals surface area contributed by atoms with E-state index < -0.39 is 17.8 Å². The van der Waals surface area contributed by atoms with Crippen LogP contribution in [0.5, 0.6) is 0 Å². The molecular weight excluding hydrogens is 404 g/mol. The van der Waals surface area contributed by atoms with Gasteiger partial charge in [0.2, 0.25) is 0 Å². The molecule has 3 aliphatic rings. The third kappa shape index (κ3) is 5.73. The fraction of sp³-hybridized carbons (Fsp3) is 0.741. The average molecular weight is 447 g/mol. The average Bonchev–Trinajstić information content (AvgIpc) is 3.05. The van der Waals surface area contributed by atoms with Gasteiger partial charge in [-0.05, 0) is 88.2 Å². The minimum absolute atomic E-state index is 0.0984. The smallest absolute Gasteiger partial charge is 0.306 e. The van der Waals surface area contributed by atoms with Crippen molar-refractivity contribution >= 4 is 5.97 Å². The monoisotopic (exact) mass is 446 g/mol. The van der Waals surface area contributed by atoms with E-state index >= 15 is 0 Å². The highest BCUT2D eigenvalue weighted by Crippen LogP contribution is 2.58. The molecule has 0 aromatic rings. The molecule has 3 N–H and O–H groups in total. The molecule has 0 aromatic heterocycles. The Morgan fingerprint density at radius 1 is 1.31 bits per heavy atom. The summed E-state index contributed by atoms with van der Waals surface area (Å²) in [4.78, 5) is 12.3. The molecule has 3 rings (SSSR count). The first-order valence-electron chi connectivity index (χ1n) is 12.3. The Kier molecular flexibility index (Phi) is 7.73. The van der Waals surface area contributed by atoms with Crippen LogP contribution in [0.1, 0.15) is 85.5 Å². The predicted molar refractivity (Wildman–Crippen MR) is 126 cm³/mol. The van der Waals surface area contributed by atoms with Crippen molar-refractivity contribution in [1.82, 2.24) is 0 Å². The second-order valence-corrected chi connectivity index (χ2v) is 11.2. The number of carbonyl (C=O) groups is 1. The molecule has 3 fully saturated rings. The SMILES string of the molecule is C=C1/C(=C\C=C2/CCC[C@]3(C)[C@@H]([C@@H](C)OC(=O)CCC(C)(C)O)CC[C@@H]23)C[C@@H](O)C[C@@H]1O. The van der Waals surface area contributed by atoms with E-state index in [0.717, 1.165) is 43.3 Å². The highest BCUT2D eigenvalue weighted by Gasteiger charge is 2.51. The van der Waals surface area contributed by atoms with Crippen LogP contribution in [0.2, 0.25) is 0 Å². The molecule has 6 atom stereocenters. The molecule has 0 bridgehead atoms. The van der Waals surface area contributed by atoms with Gasteiger partial charge in [0.05, 0.1) is 17.8 Å². The molecular formula is C27H42O5. The number of aliphatic hydroxyl groups is 3. The first-order chi connectivity index (χ1) is 14.9. The minimum atomic E-state index is -0.861. The summed E-state index contributed by atoms with van der Waals surface area (Å²) < 4.78 is 5.82. The molecule has 5 nitrogen and oxygen atoms in total. The van der Waals surface area contributed by atoms with E-state index in [1.807, 2.05) is 6.92 Å². The molecule has 0 spiro atoms. The lowest BCUT2D eigenvalue weighted by Crippen LogP contribution is -2.39. The summed E-state index contributed by atoms with van der Waals surface area (Å²) in [6, 6.07) is 0. The minimum Gasteiger partial charge on any atom is -0.462 e. The van der Waals surface area contributed by atoms with Crippen molar-refractivity contribution in [2.75, 3.05) is 0 Å². The van der Waals surface area contributed by atoms with Crippen LogP contribution >= 0.6 is 0 Å². The first kappa shape index (κ1) is 25.2. The number of ether oxygens (including phenoxy) is 1. The molecule has 0 radical (unpaired) electrons. The number of hydrogen-bond acceptors (Lipinski definition) is 5. The third-order valence-electron chi connectivity index (χ3n) is 8.13. The van der Waals surface area contributed by atoms with E-state index in [1.165, 1.54) is 5.57 Å². The van der Waals surface area contributed by atoms with Crippen molar-refractivity contribution in [3.63, 3.8) is 0 Å². The Morgan fingerprint density at radius 3 is 2.72 bits per heavy atom. The Balaban J connectivity index is 1.69. The zero-order chi connectivity index (χ0) is 23.7. The Hall–Kier alpha value is -1.43. The lowest BCUT2D eigenvalue weighted by atomic mass is 9.62. The molecule has 32 heavy (non-hydrogen) atoms. The van der Waals surface area contributed by atoms with Gasteiger partial charge in [0.1, 0.15) is 6.10 Å². The van der Waals surface area contributed by atoms with Crippen molar-refractivity contribution < 1.29 is 24.9 Å². The van der Waals surface area contributed by atoms with Crippen LogP contribution < -0.4 is 0 Å². The summed E-state index contributed by atoms with van der Waals surface area (Å²) in [6.07, 6.45) is 9.93. The van der Waals surface area contributed by atoms with Gasteiger partial charge in [-0.2, -0.15) is 0 Å². The lowest BCUT2D eigenvalue weighted by Gasteiger charge is -2.44. The van der Waals surface area contributed by atoms with Crippen molar-refractivity contribution in [3.8, 4) is 0 Å². The number of hydrogen-bond donors (Lipinski definition) is 3. The van der Waals surface area contributed by atoms with Gasteiger partial charge < -0.3 is 20.1 Å². The van der Waals surface area contributed by atoms with E-state index in [-0.39, 0.29) is 23.9 Å². The van der Waals surface area contributed by atoms with Gasteiger partial charge in [-0.3, -0.25) is 4.79 Å². The fourth-order valence-electron chi connectivity index (χ4n) is 6.27. The molecule has 0 unspecified atom stereocenters. The van der Waals surface area contributed by atoms with Crippen LogP contribution in [0.3, 0.4) is 0 Å². The summed E-state index contributed by atoms with van der Waals surface area (Å²) in [6.45, 7) is 11.8. The number of carbonyl (C=O) groups excluding carboxylic acids is 1. The van der Waals surface area contributed by atoms with Crippen molar-refractivity contribution in [1.29, 1.82) is 0 Å². The topological polar surface area (TPSA) is 87.0 Å².